The number of alkyl halides is 2. The number of rotatable bonds is 7. The molecule has 1 N–H and O–H groups in total. The van der Waals surface area contributed by atoms with Crippen molar-refractivity contribution in [3.8, 4) is 0 Å². The van der Waals surface area contributed by atoms with Crippen LogP contribution in [-0.2, 0) is 26.0 Å². The van der Waals surface area contributed by atoms with Crippen LogP contribution in [0.1, 0.15) is 11.1 Å². The number of hydrogen-bond donors (Lipinski definition) is 1. The van der Waals surface area contributed by atoms with Gasteiger partial charge in [-0.2, -0.15) is 0 Å². The van der Waals surface area contributed by atoms with Crippen LogP contribution in [0.15, 0.2) is 23.1 Å². The average molecular weight is 438 g/mol. The van der Waals surface area contributed by atoms with Crippen molar-refractivity contribution in [1.29, 1.82) is 0 Å². The van der Waals surface area contributed by atoms with Crippen LogP contribution in [0.4, 0.5) is 0 Å². The minimum atomic E-state index is -3.54. The van der Waals surface area contributed by atoms with Gasteiger partial charge in [-0.15, -0.1) is 23.2 Å². The highest BCUT2D eigenvalue weighted by molar-refractivity contribution is 7.89. The fourth-order valence-electron chi connectivity index (χ4n) is 2.77. The molecule has 10 heteroatoms. The Morgan fingerprint density at radius 1 is 1.37 bits per heavy atom. The molecule has 2 rings (SSSR count). The Balaban J connectivity index is 2.16. The highest BCUT2D eigenvalue weighted by Crippen LogP contribution is 2.22. The van der Waals surface area contributed by atoms with Gasteiger partial charge in [0, 0.05) is 34.2 Å². The number of amides is 1. The van der Waals surface area contributed by atoms with Crippen molar-refractivity contribution in [2.24, 2.45) is 0 Å². The summed E-state index contributed by atoms with van der Waals surface area (Å²) in [5.74, 6) is -0.301. The number of carbonyl (C=O) groups excluding carboxylic acids is 1. The summed E-state index contributed by atoms with van der Waals surface area (Å²) in [5, 5.41) is 0.157. The van der Waals surface area contributed by atoms with Gasteiger partial charge in [-0.25, -0.2) is 18.1 Å². The molecule has 1 saturated heterocycles. The van der Waals surface area contributed by atoms with E-state index < -0.39 is 20.8 Å². The van der Waals surface area contributed by atoms with Gasteiger partial charge in [-0.05, 0) is 24.1 Å². The van der Waals surface area contributed by atoms with Gasteiger partial charge in [-0.1, -0.05) is 12.1 Å². The zero-order valence-electron chi connectivity index (χ0n) is 15.8. The van der Waals surface area contributed by atoms with Gasteiger partial charge >= 0.3 is 0 Å². The lowest BCUT2D eigenvalue weighted by Crippen LogP contribution is -2.59. The van der Waals surface area contributed by atoms with E-state index in [1.54, 1.807) is 26.2 Å². The quantitative estimate of drug-likeness (QED) is 0.651. The third kappa shape index (κ3) is 5.13. The van der Waals surface area contributed by atoms with E-state index in [1.165, 1.54) is 23.4 Å². The molecule has 3 unspecified atom stereocenters. The average Bonchev–Trinajstić information content (AvgIpc) is 2.62. The molecule has 7 nitrogen and oxygen atoms in total. The lowest BCUT2D eigenvalue weighted by atomic mass is 10.1. The van der Waals surface area contributed by atoms with E-state index in [9.17, 15) is 13.2 Å². The zero-order valence-corrected chi connectivity index (χ0v) is 18.1. The number of ether oxygens (including phenoxy) is 1. The van der Waals surface area contributed by atoms with E-state index in [0.29, 0.717) is 18.5 Å². The Kier molecular flexibility index (Phi) is 7.52. The summed E-state index contributed by atoms with van der Waals surface area (Å²) in [7, 11) is 1.01. The van der Waals surface area contributed by atoms with E-state index in [0.717, 1.165) is 5.56 Å². The van der Waals surface area contributed by atoms with Crippen molar-refractivity contribution in [3.63, 3.8) is 0 Å². The zero-order chi connectivity index (χ0) is 20.4. The lowest BCUT2D eigenvalue weighted by molar-refractivity contribution is -0.138. The molecular weight excluding hydrogens is 413 g/mol. The first kappa shape index (κ1) is 22.4. The summed E-state index contributed by atoms with van der Waals surface area (Å²) in [4.78, 5) is 12.5. The third-order valence-electron chi connectivity index (χ3n) is 4.49. The van der Waals surface area contributed by atoms with Crippen LogP contribution >= 0.6 is 23.2 Å². The first-order valence-electron chi connectivity index (χ1n) is 8.45. The van der Waals surface area contributed by atoms with Crippen molar-refractivity contribution in [2.75, 3.05) is 34.3 Å². The molecule has 1 aromatic rings. The predicted octanol–water partition coefficient (Wildman–Crippen LogP) is 1.36. The van der Waals surface area contributed by atoms with E-state index in [-0.39, 0.29) is 23.5 Å². The van der Waals surface area contributed by atoms with Crippen LogP contribution in [0.3, 0.4) is 0 Å². The Labute approximate surface area is 170 Å². The maximum atomic E-state index is 12.5. The van der Waals surface area contributed by atoms with Crippen molar-refractivity contribution >= 4 is 39.1 Å². The van der Waals surface area contributed by atoms with Gasteiger partial charge in [0.05, 0.1) is 22.9 Å². The number of nitrogens with one attached hydrogen (secondary N) is 1. The Morgan fingerprint density at radius 3 is 2.63 bits per heavy atom. The first-order chi connectivity index (χ1) is 12.6. The monoisotopic (exact) mass is 437 g/mol. The van der Waals surface area contributed by atoms with E-state index in [1.807, 2.05) is 6.07 Å². The Morgan fingerprint density at radius 2 is 2.04 bits per heavy atom. The van der Waals surface area contributed by atoms with Crippen molar-refractivity contribution < 1.29 is 17.9 Å². The smallest absolute Gasteiger partial charge is 0.256 e. The van der Waals surface area contributed by atoms with E-state index in [2.05, 4.69) is 5.43 Å². The third-order valence-corrected chi connectivity index (χ3v) is 7.47. The number of benzene rings is 1. The van der Waals surface area contributed by atoms with E-state index >= 15 is 0 Å². The maximum absolute atomic E-state index is 12.5. The molecule has 1 fully saturated rings. The fourth-order valence-corrected chi connectivity index (χ4v) is 4.32. The predicted molar refractivity (Wildman–Crippen MR) is 106 cm³/mol. The van der Waals surface area contributed by atoms with Crippen LogP contribution in [0, 0.1) is 6.92 Å². The molecule has 1 aliphatic heterocycles. The minimum absolute atomic E-state index is 0.262. The van der Waals surface area contributed by atoms with Crippen LogP contribution in [0.5, 0.6) is 0 Å². The first-order valence-corrected chi connectivity index (χ1v) is 10.8. The molecule has 0 bridgehead atoms. The second-order valence-electron chi connectivity index (χ2n) is 6.68. The number of nitrogens with zero attached hydrogens (tertiary/aromatic N) is 2. The summed E-state index contributed by atoms with van der Waals surface area (Å²) in [5.41, 5.74) is 4.42. The molecule has 3 atom stereocenters. The van der Waals surface area contributed by atoms with Gasteiger partial charge in [0.25, 0.3) is 5.91 Å². The topological polar surface area (TPSA) is 79.0 Å². The number of hydrogen-bond acceptors (Lipinski definition) is 5. The molecule has 0 spiro atoms. The molecule has 152 valence electrons. The summed E-state index contributed by atoms with van der Waals surface area (Å²) in [6.45, 7) is 2.41. The molecule has 1 amide bonds. The number of aryl methyl sites for hydroxylation is 1. The molecular formula is C17H25Cl2N3O4S. The molecule has 1 aliphatic rings. The molecule has 1 aromatic carbocycles. The molecule has 0 radical (unpaired) electrons. The molecule has 27 heavy (non-hydrogen) atoms. The molecule has 1 heterocycles. The highest BCUT2D eigenvalue weighted by Gasteiger charge is 2.35. The number of halogens is 2. The summed E-state index contributed by atoms with van der Waals surface area (Å²) < 4.78 is 31.7. The largest absolute Gasteiger partial charge is 0.379 e. The number of carbonyl (C=O) groups is 1. The molecule has 0 aliphatic carbocycles. The second kappa shape index (κ2) is 9.07. The van der Waals surface area contributed by atoms with Crippen LogP contribution < -0.4 is 5.43 Å². The lowest BCUT2D eigenvalue weighted by Gasteiger charge is -2.35. The number of hydrazine groups is 1. The van der Waals surface area contributed by atoms with Crippen molar-refractivity contribution in [3.05, 3.63) is 29.3 Å². The normalized spacial score (nSPS) is 22.3. The van der Waals surface area contributed by atoms with Crippen molar-refractivity contribution in [1.82, 2.24) is 14.7 Å². The number of sulfonamides is 1. The van der Waals surface area contributed by atoms with Gasteiger partial charge < -0.3 is 4.74 Å². The standard InChI is InChI=1S/C17H25Cl2N3O4S/c1-11-5-6-12(8-15(11)27(24,25)21(2)3)7-13(26-4)10-22-17(23)16(19)14(18)9-20-22/h5-6,8,13-14,16,20H,7,9-10H2,1-4H3. The van der Waals surface area contributed by atoms with Crippen LogP contribution in [0.25, 0.3) is 0 Å². The summed E-state index contributed by atoms with van der Waals surface area (Å²) in [6, 6.07) is 5.29. The SMILES string of the molecule is COC(Cc1ccc(C)c(S(=O)(=O)N(C)C)c1)CN1NCC(Cl)C(Cl)C1=O. The minimum Gasteiger partial charge on any atom is -0.379 e. The Hall–Kier alpha value is -0.900. The van der Waals surface area contributed by atoms with Crippen molar-refractivity contribution in [2.45, 2.75) is 35.1 Å². The van der Waals surface area contributed by atoms with E-state index in [4.69, 9.17) is 27.9 Å². The Bertz CT molecular complexity index is 788. The van der Waals surface area contributed by atoms with Crippen LogP contribution in [-0.4, -0.2) is 74.8 Å². The molecule has 0 saturated carbocycles. The van der Waals surface area contributed by atoms with Gasteiger partial charge in [0.15, 0.2) is 0 Å². The van der Waals surface area contributed by atoms with Gasteiger partial charge in [0.1, 0.15) is 5.38 Å². The summed E-state index contributed by atoms with van der Waals surface area (Å²) in [6.07, 6.45) is 0.102. The number of methoxy groups -OCH3 is 1. The van der Waals surface area contributed by atoms with Gasteiger partial charge in [-0.3, -0.25) is 9.80 Å². The maximum Gasteiger partial charge on any atom is 0.256 e. The molecule has 0 aromatic heterocycles. The van der Waals surface area contributed by atoms with Gasteiger partial charge in [0.2, 0.25) is 10.0 Å². The summed E-state index contributed by atoms with van der Waals surface area (Å²) >= 11 is 12.0. The highest BCUT2D eigenvalue weighted by atomic mass is 35.5. The fraction of sp³-hybridized carbons (Fsp3) is 0.588. The van der Waals surface area contributed by atoms with Crippen LogP contribution in [0.2, 0.25) is 0 Å². The second-order valence-corrected chi connectivity index (χ2v) is 9.83.